The Labute approximate surface area is 239 Å². The number of ether oxygens (including phenoxy) is 4. The molecule has 208 valence electrons. The fourth-order valence-corrected chi connectivity index (χ4v) is 5.20. The lowest BCUT2D eigenvalue weighted by atomic mass is 9.90. The Hall–Kier alpha value is -4.42. The molecule has 0 radical (unpaired) electrons. The number of rotatable bonds is 9. The zero-order valence-corrected chi connectivity index (χ0v) is 23.3. The van der Waals surface area contributed by atoms with Crippen molar-refractivity contribution in [3.8, 4) is 28.4 Å². The molecule has 1 aliphatic carbocycles. The summed E-state index contributed by atoms with van der Waals surface area (Å²) in [4.78, 5) is 25.5. The summed E-state index contributed by atoms with van der Waals surface area (Å²) in [5, 5.41) is 0. The molecular formula is C35H32O6. The highest BCUT2D eigenvalue weighted by Gasteiger charge is 2.34. The van der Waals surface area contributed by atoms with Gasteiger partial charge < -0.3 is 18.9 Å². The fraction of sp³-hybridized carbons (Fsp3) is 0.257. The predicted molar refractivity (Wildman–Crippen MR) is 156 cm³/mol. The summed E-state index contributed by atoms with van der Waals surface area (Å²) in [5.41, 5.74) is 6.51. The number of benzene rings is 4. The number of aryl methyl sites for hydroxylation is 1. The molecule has 4 aromatic carbocycles. The largest absolute Gasteiger partial charge is 0.493 e. The van der Waals surface area contributed by atoms with E-state index in [1.807, 2.05) is 54.6 Å². The topological polar surface area (TPSA) is 71.1 Å². The zero-order valence-electron chi connectivity index (χ0n) is 23.3. The van der Waals surface area contributed by atoms with Crippen molar-refractivity contribution < 1.29 is 28.5 Å². The molecule has 0 bridgehead atoms. The molecule has 6 nitrogen and oxygen atoms in total. The second-order valence-corrected chi connectivity index (χ2v) is 11.2. The molecule has 0 atom stereocenters. The van der Waals surface area contributed by atoms with Crippen LogP contribution in [-0.2, 0) is 17.6 Å². The molecule has 2 aliphatic rings. The van der Waals surface area contributed by atoms with Crippen molar-refractivity contribution >= 4 is 11.9 Å². The van der Waals surface area contributed by atoms with Crippen LogP contribution in [-0.4, -0.2) is 31.8 Å². The van der Waals surface area contributed by atoms with Gasteiger partial charge in [0.2, 0.25) is 0 Å². The summed E-state index contributed by atoms with van der Waals surface area (Å²) in [5.74, 6) is 0.897. The highest BCUT2D eigenvalue weighted by Crippen LogP contribution is 2.40. The standard InChI is InChI=1S/C35H32O6/c1-3-4-23-5-7-24(8-6-23)33(36)40-29-13-15-31-26(18-29)17-27-19-30(14-16-32(27)31)41-34(37)25-9-11-28(12-10-25)39-22-35(2)20-38-21-35/h5-16,18-19H,3-4,17,20-22H2,1-2H3. The maximum Gasteiger partial charge on any atom is 0.343 e. The fourth-order valence-electron chi connectivity index (χ4n) is 5.20. The van der Waals surface area contributed by atoms with E-state index in [4.69, 9.17) is 18.9 Å². The van der Waals surface area contributed by atoms with Gasteiger partial charge in [0, 0.05) is 5.41 Å². The van der Waals surface area contributed by atoms with Gasteiger partial charge in [-0.25, -0.2) is 9.59 Å². The minimum atomic E-state index is -0.428. The Balaban J connectivity index is 1.07. The lowest BCUT2D eigenvalue weighted by Crippen LogP contribution is -2.44. The van der Waals surface area contributed by atoms with Gasteiger partial charge >= 0.3 is 11.9 Å². The van der Waals surface area contributed by atoms with E-state index in [0.717, 1.165) is 35.1 Å². The quantitative estimate of drug-likeness (QED) is 0.145. The maximum absolute atomic E-state index is 12.8. The van der Waals surface area contributed by atoms with Crippen LogP contribution < -0.4 is 14.2 Å². The summed E-state index contributed by atoms with van der Waals surface area (Å²) in [6, 6.07) is 25.9. The van der Waals surface area contributed by atoms with Crippen molar-refractivity contribution in [2.24, 2.45) is 5.41 Å². The van der Waals surface area contributed by atoms with Crippen LogP contribution in [0.3, 0.4) is 0 Å². The summed E-state index contributed by atoms with van der Waals surface area (Å²) in [6.45, 7) is 6.23. The molecule has 0 unspecified atom stereocenters. The van der Waals surface area contributed by atoms with Crippen LogP contribution in [0.15, 0.2) is 84.9 Å². The average Bonchev–Trinajstić information content (AvgIpc) is 3.32. The van der Waals surface area contributed by atoms with Crippen molar-refractivity contribution in [3.05, 3.63) is 113 Å². The van der Waals surface area contributed by atoms with E-state index in [9.17, 15) is 9.59 Å². The first-order chi connectivity index (χ1) is 19.9. The SMILES string of the molecule is CCCc1ccc(C(=O)Oc2ccc3c(c2)Cc2cc(OC(=O)c4ccc(OCC5(C)COC5)cc4)ccc2-3)cc1. The Morgan fingerprint density at radius 1 is 0.732 bits per heavy atom. The number of hydrogen-bond acceptors (Lipinski definition) is 6. The molecule has 1 fully saturated rings. The number of esters is 2. The van der Waals surface area contributed by atoms with Crippen LogP contribution in [0, 0.1) is 5.41 Å². The second kappa shape index (κ2) is 11.2. The second-order valence-electron chi connectivity index (χ2n) is 11.2. The molecular weight excluding hydrogens is 516 g/mol. The molecule has 0 amide bonds. The van der Waals surface area contributed by atoms with E-state index in [0.29, 0.717) is 54.6 Å². The number of carbonyl (C=O) groups is 2. The van der Waals surface area contributed by atoms with Crippen molar-refractivity contribution in [1.29, 1.82) is 0 Å². The van der Waals surface area contributed by atoms with Gasteiger partial charge in [-0.2, -0.15) is 0 Å². The van der Waals surface area contributed by atoms with Crippen LogP contribution >= 0.6 is 0 Å². The third-order valence-electron chi connectivity index (χ3n) is 7.55. The number of hydrogen-bond donors (Lipinski definition) is 0. The Bertz CT molecular complexity index is 1580. The van der Waals surface area contributed by atoms with Gasteiger partial charge in [0.05, 0.1) is 30.9 Å². The van der Waals surface area contributed by atoms with Crippen molar-refractivity contribution in [2.45, 2.75) is 33.1 Å². The van der Waals surface area contributed by atoms with Gasteiger partial charge in [-0.3, -0.25) is 0 Å². The van der Waals surface area contributed by atoms with E-state index >= 15 is 0 Å². The maximum atomic E-state index is 12.8. The smallest absolute Gasteiger partial charge is 0.343 e. The minimum absolute atomic E-state index is 0.0532. The third kappa shape index (κ3) is 5.88. The first kappa shape index (κ1) is 26.8. The van der Waals surface area contributed by atoms with Crippen molar-refractivity contribution in [1.82, 2.24) is 0 Å². The summed E-state index contributed by atoms with van der Waals surface area (Å²) in [7, 11) is 0. The first-order valence-electron chi connectivity index (χ1n) is 14.0. The molecule has 6 rings (SSSR count). The highest BCUT2D eigenvalue weighted by molar-refractivity contribution is 5.92. The number of fused-ring (bicyclic) bond motifs is 3. The van der Waals surface area contributed by atoms with Crippen LogP contribution in [0.5, 0.6) is 17.2 Å². The molecule has 0 aromatic heterocycles. The normalized spacial score (nSPS) is 14.4. The van der Waals surface area contributed by atoms with Gasteiger partial charge in [0.15, 0.2) is 0 Å². The Morgan fingerprint density at radius 2 is 1.24 bits per heavy atom. The number of carbonyl (C=O) groups excluding carboxylic acids is 2. The van der Waals surface area contributed by atoms with Crippen molar-refractivity contribution in [2.75, 3.05) is 19.8 Å². The molecule has 0 spiro atoms. The minimum Gasteiger partial charge on any atom is -0.493 e. The molecule has 41 heavy (non-hydrogen) atoms. The van der Waals surface area contributed by atoms with E-state index < -0.39 is 5.97 Å². The molecule has 1 heterocycles. The highest BCUT2D eigenvalue weighted by atomic mass is 16.5. The van der Waals surface area contributed by atoms with E-state index in [1.165, 1.54) is 5.56 Å². The first-order valence-corrected chi connectivity index (χ1v) is 14.0. The molecule has 1 saturated heterocycles. The molecule has 4 aromatic rings. The lowest BCUT2D eigenvalue weighted by Gasteiger charge is -2.37. The van der Waals surface area contributed by atoms with Crippen LogP contribution in [0.2, 0.25) is 0 Å². The summed E-state index contributed by atoms with van der Waals surface area (Å²) in [6.07, 6.45) is 2.70. The third-order valence-corrected chi connectivity index (χ3v) is 7.55. The van der Waals surface area contributed by atoms with E-state index in [1.54, 1.807) is 30.3 Å². The van der Waals surface area contributed by atoms with E-state index in [2.05, 4.69) is 13.8 Å². The molecule has 0 N–H and O–H groups in total. The van der Waals surface area contributed by atoms with Gasteiger partial charge in [-0.15, -0.1) is 0 Å². The van der Waals surface area contributed by atoms with Crippen LogP contribution in [0.4, 0.5) is 0 Å². The van der Waals surface area contributed by atoms with Gasteiger partial charge in [-0.1, -0.05) is 44.5 Å². The zero-order chi connectivity index (χ0) is 28.4. The molecule has 6 heteroatoms. The average molecular weight is 549 g/mol. The molecule has 1 aliphatic heterocycles. The predicted octanol–water partition coefficient (Wildman–Crippen LogP) is 7.06. The summed E-state index contributed by atoms with van der Waals surface area (Å²) < 4.78 is 22.5. The van der Waals surface area contributed by atoms with E-state index in [-0.39, 0.29) is 11.4 Å². The Morgan fingerprint density at radius 3 is 1.73 bits per heavy atom. The van der Waals surface area contributed by atoms with Gasteiger partial charge in [0.1, 0.15) is 17.2 Å². The summed E-state index contributed by atoms with van der Waals surface area (Å²) >= 11 is 0. The Kier molecular flexibility index (Phi) is 7.33. The van der Waals surface area contributed by atoms with Crippen LogP contribution in [0.1, 0.15) is 57.7 Å². The van der Waals surface area contributed by atoms with Gasteiger partial charge in [0.25, 0.3) is 0 Å². The van der Waals surface area contributed by atoms with Crippen LogP contribution in [0.25, 0.3) is 11.1 Å². The lowest BCUT2D eigenvalue weighted by molar-refractivity contribution is -0.120. The molecule has 0 saturated carbocycles. The monoisotopic (exact) mass is 548 g/mol. The van der Waals surface area contributed by atoms with Crippen molar-refractivity contribution in [3.63, 3.8) is 0 Å². The van der Waals surface area contributed by atoms with Gasteiger partial charge in [-0.05, 0) is 101 Å².